The number of rotatable bonds is 1. The van der Waals surface area contributed by atoms with E-state index in [0.717, 1.165) is 38.5 Å². The molecule has 35 heavy (non-hydrogen) atoms. The Morgan fingerprint density at radius 1 is 1.00 bits per heavy atom. The van der Waals surface area contributed by atoms with Gasteiger partial charge in [-0.05, 0) is 84.9 Å². The van der Waals surface area contributed by atoms with Crippen LogP contribution in [0.5, 0.6) is 0 Å². The summed E-state index contributed by atoms with van der Waals surface area (Å²) in [6.45, 7) is 16.5. The summed E-state index contributed by atoms with van der Waals surface area (Å²) in [7, 11) is 1.47. The Balaban J connectivity index is 1.59. The van der Waals surface area contributed by atoms with Crippen molar-refractivity contribution >= 4 is 11.8 Å². The minimum Gasteiger partial charge on any atom is -0.469 e. The number of fused-ring (bicyclic) bond motifs is 7. The molecule has 0 aromatic carbocycles. The van der Waals surface area contributed by atoms with Gasteiger partial charge >= 0.3 is 5.97 Å². The largest absolute Gasteiger partial charge is 0.469 e. The van der Waals surface area contributed by atoms with Crippen LogP contribution in [-0.4, -0.2) is 30.1 Å². The van der Waals surface area contributed by atoms with Crippen molar-refractivity contribution in [1.82, 2.24) is 0 Å². The first kappa shape index (κ1) is 25.5. The van der Waals surface area contributed by atoms with E-state index in [1.54, 1.807) is 0 Å². The smallest absolute Gasteiger partial charge is 0.309 e. The van der Waals surface area contributed by atoms with Crippen molar-refractivity contribution in [1.29, 1.82) is 0 Å². The molecule has 10 atom stereocenters. The number of hydrogen-bond acceptors (Lipinski definition) is 4. The summed E-state index contributed by atoms with van der Waals surface area (Å²) >= 11 is 0. The molecule has 0 aliphatic heterocycles. The molecule has 0 aromatic rings. The number of ketones is 1. The highest BCUT2D eigenvalue weighted by Crippen LogP contribution is 2.75. The Kier molecular flexibility index (Phi) is 5.59. The zero-order chi connectivity index (χ0) is 25.8. The summed E-state index contributed by atoms with van der Waals surface area (Å²) in [6.07, 6.45) is 9.72. The topological polar surface area (TPSA) is 63.6 Å². The van der Waals surface area contributed by atoms with E-state index < -0.39 is 6.10 Å². The van der Waals surface area contributed by atoms with Gasteiger partial charge in [0.15, 0.2) is 0 Å². The number of carbonyl (C=O) groups excluding carboxylic acids is 2. The van der Waals surface area contributed by atoms with Gasteiger partial charge in [-0.3, -0.25) is 9.59 Å². The second kappa shape index (κ2) is 7.68. The molecule has 0 spiro atoms. The quantitative estimate of drug-likeness (QED) is 0.348. The maximum atomic E-state index is 12.9. The van der Waals surface area contributed by atoms with Gasteiger partial charge in [-0.25, -0.2) is 0 Å². The molecule has 0 unspecified atom stereocenters. The highest BCUT2D eigenvalue weighted by molar-refractivity contribution is 5.85. The van der Waals surface area contributed by atoms with Crippen LogP contribution in [0.25, 0.3) is 0 Å². The van der Waals surface area contributed by atoms with E-state index in [0.29, 0.717) is 30.5 Å². The second-order valence-electron chi connectivity index (χ2n) is 14.7. The molecule has 5 rings (SSSR count). The van der Waals surface area contributed by atoms with E-state index >= 15 is 0 Å². The number of aliphatic hydroxyl groups is 1. The van der Waals surface area contributed by atoms with Crippen molar-refractivity contribution in [2.45, 2.75) is 106 Å². The highest BCUT2D eigenvalue weighted by atomic mass is 16.5. The van der Waals surface area contributed by atoms with E-state index in [4.69, 9.17) is 4.74 Å². The van der Waals surface area contributed by atoms with E-state index in [-0.39, 0.29) is 50.8 Å². The van der Waals surface area contributed by atoms with Crippen molar-refractivity contribution < 1.29 is 19.4 Å². The fraction of sp³-hybridized carbons (Fsp3) is 0.871. The monoisotopic (exact) mass is 484 g/mol. The van der Waals surface area contributed by atoms with Crippen LogP contribution in [0.3, 0.4) is 0 Å². The summed E-state index contributed by atoms with van der Waals surface area (Å²) in [6, 6.07) is 0. The second-order valence-corrected chi connectivity index (χ2v) is 14.7. The Morgan fingerprint density at radius 2 is 1.69 bits per heavy atom. The number of aliphatic hydroxyl groups excluding tert-OH is 1. The molecule has 4 heteroatoms. The molecule has 0 amide bonds. The Hall–Kier alpha value is -1.16. The lowest BCUT2D eigenvalue weighted by molar-refractivity contribution is -0.194. The van der Waals surface area contributed by atoms with Gasteiger partial charge in [-0.2, -0.15) is 0 Å². The van der Waals surface area contributed by atoms with Gasteiger partial charge in [0.25, 0.3) is 0 Å². The van der Waals surface area contributed by atoms with Crippen molar-refractivity contribution in [3.05, 3.63) is 11.6 Å². The van der Waals surface area contributed by atoms with Gasteiger partial charge in [0, 0.05) is 17.3 Å². The SMILES string of the molecule is COC(=O)[C@@H]1C[C@H](O)[C@]2(C)CC[C@]3(C)C(=CC[C@@H]4[C@@]5(C)CCC(=O)C(C)(C)[C@@H]5CC[C@]43C)[C@H]2[C@H]1C. The number of ether oxygens (including phenoxy) is 1. The zero-order valence-corrected chi connectivity index (χ0v) is 23.4. The molecule has 0 heterocycles. The summed E-state index contributed by atoms with van der Waals surface area (Å²) in [5.41, 5.74) is 1.45. The standard InChI is InChI=1S/C31H48O4/c1-18-19(26(34)35-8)17-24(33)29(5)15-16-30(6)20(25(18)29)9-10-22-28(4)13-12-23(32)27(2,3)21(28)11-14-31(22,30)7/h9,18-19,21-22,24-25,33H,10-17H2,1-8H3/t18-,19+,21-,22+,24-,25+,28-,29-,30+,31+/m0/s1. The number of hydrogen-bond donors (Lipinski definition) is 1. The molecule has 4 nitrogen and oxygen atoms in total. The third kappa shape index (κ3) is 3.01. The van der Waals surface area contributed by atoms with E-state index in [1.807, 2.05) is 0 Å². The first-order valence-electron chi connectivity index (χ1n) is 14.2. The first-order chi connectivity index (χ1) is 16.2. The van der Waals surface area contributed by atoms with Crippen LogP contribution in [0.2, 0.25) is 0 Å². The van der Waals surface area contributed by atoms with Crippen molar-refractivity contribution in [2.24, 2.45) is 56.7 Å². The fourth-order valence-corrected chi connectivity index (χ4v) is 10.9. The van der Waals surface area contributed by atoms with Crippen LogP contribution in [-0.2, 0) is 14.3 Å². The maximum absolute atomic E-state index is 12.9. The lowest BCUT2D eigenvalue weighted by atomic mass is 9.33. The zero-order valence-electron chi connectivity index (χ0n) is 23.4. The average molecular weight is 485 g/mol. The van der Waals surface area contributed by atoms with Crippen molar-refractivity contribution in [3.8, 4) is 0 Å². The predicted molar refractivity (Wildman–Crippen MR) is 137 cm³/mol. The van der Waals surface area contributed by atoms with E-state index in [1.165, 1.54) is 12.7 Å². The molecular formula is C31H48O4. The van der Waals surface area contributed by atoms with E-state index in [2.05, 4.69) is 54.5 Å². The molecule has 0 aromatic heterocycles. The summed E-state index contributed by atoms with van der Waals surface area (Å²) < 4.78 is 5.19. The molecule has 0 saturated heterocycles. The normalized spacial score (nSPS) is 52.8. The summed E-state index contributed by atoms with van der Waals surface area (Å²) in [5, 5.41) is 11.4. The number of Topliss-reactive ketones (excluding diaryl/α,β-unsaturated/α-hetero) is 1. The van der Waals surface area contributed by atoms with Gasteiger partial charge in [-0.1, -0.05) is 60.1 Å². The number of allylic oxidation sites excluding steroid dienone is 2. The highest BCUT2D eigenvalue weighted by Gasteiger charge is 2.69. The van der Waals surface area contributed by atoms with Gasteiger partial charge in [0.2, 0.25) is 0 Å². The van der Waals surface area contributed by atoms with Gasteiger partial charge in [0.1, 0.15) is 5.78 Å². The number of carbonyl (C=O) groups is 2. The van der Waals surface area contributed by atoms with Crippen LogP contribution in [0.4, 0.5) is 0 Å². The first-order valence-corrected chi connectivity index (χ1v) is 14.2. The van der Waals surface area contributed by atoms with Crippen molar-refractivity contribution in [3.63, 3.8) is 0 Å². The molecule has 196 valence electrons. The number of esters is 1. The minimum atomic E-state index is -0.484. The Morgan fingerprint density at radius 3 is 2.34 bits per heavy atom. The molecule has 5 aliphatic rings. The van der Waals surface area contributed by atoms with E-state index in [9.17, 15) is 14.7 Å². The lowest BCUT2D eigenvalue weighted by Crippen LogP contribution is -2.65. The van der Waals surface area contributed by atoms with Crippen molar-refractivity contribution in [2.75, 3.05) is 7.11 Å². The van der Waals surface area contributed by atoms with Crippen LogP contribution in [0, 0.1) is 56.7 Å². The van der Waals surface area contributed by atoms with Gasteiger partial charge in [0.05, 0.1) is 19.1 Å². The minimum absolute atomic E-state index is 0.0473. The van der Waals surface area contributed by atoms with Crippen LogP contribution in [0.1, 0.15) is 99.8 Å². The van der Waals surface area contributed by atoms with Gasteiger partial charge in [-0.15, -0.1) is 0 Å². The molecule has 4 saturated carbocycles. The maximum Gasteiger partial charge on any atom is 0.309 e. The predicted octanol–water partition coefficient (Wildman–Crippen LogP) is 6.36. The van der Waals surface area contributed by atoms with Crippen LogP contribution < -0.4 is 0 Å². The third-order valence-corrected chi connectivity index (χ3v) is 13.4. The molecule has 0 bridgehead atoms. The molecule has 1 N–H and O–H groups in total. The molecule has 5 aliphatic carbocycles. The molecular weight excluding hydrogens is 436 g/mol. The van der Waals surface area contributed by atoms with Crippen LogP contribution >= 0.6 is 0 Å². The molecule has 4 fully saturated rings. The fourth-order valence-electron chi connectivity index (χ4n) is 10.9. The number of methoxy groups -OCH3 is 1. The Bertz CT molecular complexity index is 965. The molecule has 0 radical (unpaired) electrons. The Labute approximate surface area is 212 Å². The van der Waals surface area contributed by atoms with Gasteiger partial charge < -0.3 is 9.84 Å². The van der Waals surface area contributed by atoms with Crippen LogP contribution in [0.15, 0.2) is 11.6 Å². The summed E-state index contributed by atoms with van der Waals surface area (Å²) in [5.74, 6) is 1.38. The summed E-state index contributed by atoms with van der Waals surface area (Å²) in [4.78, 5) is 25.7. The lowest BCUT2D eigenvalue weighted by Gasteiger charge is -2.71. The third-order valence-electron chi connectivity index (χ3n) is 13.4. The average Bonchev–Trinajstić information content (AvgIpc) is 2.79.